The van der Waals surface area contributed by atoms with Gasteiger partial charge in [-0.1, -0.05) is 6.07 Å². The van der Waals surface area contributed by atoms with E-state index in [9.17, 15) is 4.79 Å². The molecule has 1 saturated heterocycles. The van der Waals surface area contributed by atoms with Gasteiger partial charge in [0.2, 0.25) is 5.88 Å². The lowest BCUT2D eigenvalue weighted by atomic mass is 10.2. The fourth-order valence-electron chi connectivity index (χ4n) is 2.26. The highest BCUT2D eigenvalue weighted by Gasteiger charge is 2.18. The normalized spacial score (nSPS) is 16.6. The lowest BCUT2D eigenvalue weighted by Crippen LogP contribution is -2.17. The number of rotatable bonds is 4. The van der Waals surface area contributed by atoms with Crippen molar-refractivity contribution in [2.24, 2.45) is 0 Å². The van der Waals surface area contributed by atoms with Crippen LogP contribution in [0.25, 0.3) is 0 Å². The molecule has 0 aliphatic carbocycles. The van der Waals surface area contributed by atoms with Gasteiger partial charge in [-0.15, -0.1) is 0 Å². The third-order valence-corrected chi connectivity index (χ3v) is 4.55. The van der Waals surface area contributed by atoms with Crippen LogP contribution >= 0.6 is 11.8 Å². The highest BCUT2D eigenvalue weighted by atomic mass is 32.2. The molecule has 6 heteroatoms. The number of pyridine rings is 1. The topological polar surface area (TPSA) is 75.0 Å². The molecule has 0 spiro atoms. The third-order valence-electron chi connectivity index (χ3n) is 3.42. The monoisotopic (exact) mass is 325 g/mol. The largest absolute Gasteiger partial charge is 0.473 e. The molecule has 3 rings (SSSR count). The van der Waals surface area contributed by atoms with Gasteiger partial charge in [0.1, 0.15) is 6.10 Å². The zero-order valence-corrected chi connectivity index (χ0v) is 13.2. The van der Waals surface area contributed by atoms with Crippen molar-refractivity contribution in [1.82, 2.24) is 4.98 Å². The van der Waals surface area contributed by atoms with Gasteiger partial charge in [0, 0.05) is 29.3 Å². The van der Waals surface area contributed by atoms with Crippen molar-refractivity contribution in [2.45, 2.75) is 12.5 Å². The summed E-state index contributed by atoms with van der Waals surface area (Å²) in [5, 5.41) is 11.7. The van der Waals surface area contributed by atoms with Gasteiger partial charge >= 0.3 is 0 Å². The van der Waals surface area contributed by atoms with E-state index in [0.717, 1.165) is 17.9 Å². The second-order valence-electron chi connectivity index (χ2n) is 5.13. The number of carbonyl (C=O) groups is 1. The number of nitrogens with one attached hydrogen (secondary N) is 1. The lowest BCUT2D eigenvalue weighted by Gasteiger charge is -2.12. The Bertz CT molecular complexity index is 751. The van der Waals surface area contributed by atoms with Crippen LogP contribution in [0.2, 0.25) is 0 Å². The van der Waals surface area contributed by atoms with Crippen LogP contribution < -0.4 is 10.1 Å². The molecule has 1 aliphatic heterocycles. The van der Waals surface area contributed by atoms with Crippen LogP contribution in [0.5, 0.6) is 5.88 Å². The van der Waals surface area contributed by atoms with Crippen LogP contribution in [-0.4, -0.2) is 28.5 Å². The summed E-state index contributed by atoms with van der Waals surface area (Å²) >= 11 is 1.86. The summed E-state index contributed by atoms with van der Waals surface area (Å²) in [7, 11) is 0. The van der Waals surface area contributed by atoms with Crippen molar-refractivity contribution in [2.75, 3.05) is 16.8 Å². The molecule has 5 nitrogen and oxygen atoms in total. The quantitative estimate of drug-likeness (QED) is 0.935. The zero-order valence-electron chi connectivity index (χ0n) is 12.4. The molecule has 1 fully saturated rings. The van der Waals surface area contributed by atoms with E-state index in [2.05, 4.69) is 10.3 Å². The van der Waals surface area contributed by atoms with E-state index in [4.69, 9.17) is 10.00 Å². The maximum absolute atomic E-state index is 12.3. The van der Waals surface area contributed by atoms with Gasteiger partial charge in [-0.2, -0.15) is 17.0 Å². The van der Waals surface area contributed by atoms with Gasteiger partial charge in [-0.3, -0.25) is 4.79 Å². The second-order valence-corrected chi connectivity index (χ2v) is 6.28. The van der Waals surface area contributed by atoms with Crippen LogP contribution in [0, 0.1) is 11.3 Å². The summed E-state index contributed by atoms with van der Waals surface area (Å²) in [6.07, 6.45) is 2.74. The molecule has 0 radical (unpaired) electrons. The van der Waals surface area contributed by atoms with Crippen molar-refractivity contribution in [3.63, 3.8) is 0 Å². The summed E-state index contributed by atoms with van der Waals surface area (Å²) < 4.78 is 5.80. The predicted molar refractivity (Wildman–Crippen MR) is 89.7 cm³/mol. The van der Waals surface area contributed by atoms with E-state index in [-0.39, 0.29) is 12.0 Å². The van der Waals surface area contributed by atoms with E-state index < -0.39 is 0 Å². The summed E-state index contributed by atoms with van der Waals surface area (Å²) in [6.45, 7) is 0. The Labute approximate surface area is 138 Å². The number of anilines is 1. The third kappa shape index (κ3) is 4.02. The number of nitriles is 1. The molecule has 1 aromatic heterocycles. The molecule has 1 amide bonds. The molecule has 23 heavy (non-hydrogen) atoms. The number of hydrogen-bond acceptors (Lipinski definition) is 5. The van der Waals surface area contributed by atoms with Crippen LogP contribution in [0.4, 0.5) is 5.69 Å². The highest BCUT2D eigenvalue weighted by molar-refractivity contribution is 7.99. The number of aromatic nitrogens is 1. The van der Waals surface area contributed by atoms with Crippen molar-refractivity contribution in [1.29, 1.82) is 5.26 Å². The van der Waals surface area contributed by atoms with E-state index in [1.54, 1.807) is 42.6 Å². The van der Waals surface area contributed by atoms with Crippen LogP contribution in [-0.2, 0) is 0 Å². The number of carbonyl (C=O) groups excluding carboxylic acids is 1. The van der Waals surface area contributed by atoms with E-state index in [0.29, 0.717) is 22.7 Å². The van der Waals surface area contributed by atoms with Crippen molar-refractivity contribution in [3.05, 3.63) is 53.7 Å². The Morgan fingerprint density at radius 2 is 2.30 bits per heavy atom. The first kappa shape index (κ1) is 15.4. The number of thioether (sulfide) groups is 1. The minimum Gasteiger partial charge on any atom is -0.473 e. The van der Waals surface area contributed by atoms with Crippen LogP contribution in [0.1, 0.15) is 22.3 Å². The molecular weight excluding hydrogens is 310 g/mol. The summed E-state index contributed by atoms with van der Waals surface area (Å²) in [4.78, 5) is 16.5. The average Bonchev–Trinajstić information content (AvgIpc) is 3.08. The molecule has 2 aromatic rings. The van der Waals surface area contributed by atoms with E-state index in [1.807, 2.05) is 17.8 Å². The Hall–Kier alpha value is -2.52. The number of ether oxygens (including phenoxy) is 1. The van der Waals surface area contributed by atoms with Gasteiger partial charge in [0.25, 0.3) is 5.91 Å². The summed E-state index contributed by atoms with van der Waals surface area (Å²) in [6, 6.07) is 12.1. The van der Waals surface area contributed by atoms with Crippen LogP contribution in [0.15, 0.2) is 42.6 Å². The molecule has 1 aromatic carbocycles. The minimum absolute atomic E-state index is 0.165. The first-order valence-electron chi connectivity index (χ1n) is 7.26. The maximum Gasteiger partial charge on any atom is 0.255 e. The van der Waals surface area contributed by atoms with E-state index in [1.165, 1.54) is 0 Å². The summed E-state index contributed by atoms with van der Waals surface area (Å²) in [5.41, 5.74) is 1.56. The summed E-state index contributed by atoms with van der Waals surface area (Å²) in [5.74, 6) is 2.27. The molecule has 2 heterocycles. The zero-order chi connectivity index (χ0) is 16.1. The molecule has 0 bridgehead atoms. The average molecular weight is 325 g/mol. The van der Waals surface area contributed by atoms with Gasteiger partial charge in [-0.25, -0.2) is 4.98 Å². The van der Waals surface area contributed by atoms with Crippen molar-refractivity contribution >= 4 is 23.4 Å². The first-order chi connectivity index (χ1) is 11.2. The molecule has 1 aliphatic rings. The number of hydrogen-bond donors (Lipinski definition) is 1. The van der Waals surface area contributed by atoms with Gasteiger partial charge in [0.05, 0.1) is 11.6 Å². The number of amides is 1. The Morgan fingerprint density at radius 1 is 1.39 bits per heavy atom. The first-order valence-corrected chi connectivity index (χ1v) is 8.42. The lowest BCUT2D eigenvalue weighted by molar-refractivity contribution is 0.102. The van der Waals surface area contributed by atoms with Gasteiger partial charge in [0.15, 0.2) is 0 Å². The molecule has 1 unspecified atom stereocenters. The smallest absolute Gasteiger partial charge is 0.255 e. The Morgan fingerprint density at radius 3 is 3.09 bits per heavy atom. The second kappa shape index (κ2) is 7.16. The van der Waals surface area contributed by atoms with Gasteiger partial charge in [-0.05, 0) is 36.4 Å². The molecule has 1 atom stereocenters. The van der Waals surface area contributed by atoms with Gasteiger partial charge < -0.3 is 10.1 Å². The fraction of sp³-hybridized carbons (Fsp3) is 0.235. The molecular formula is C17H15N3O2S. The standard InChI is InChI=1S/C17H15N3O2S/c18-10-12-2-1-3-14(8-12)20-17(21)13-4-6-19-16(9-13)22-15-5-7-23-11-15/h1-4,6,8-9,15H,5,7,11H2,(H,20,21). The fourth-order valence-corrected chi connectivity index (χ4v) is 3.36. The SMILES string of the molecule is N#Cc1cccc(NC(=O)c2ccnc(OC3CCSC3)c2)c1. The van der Waals surface area contributed by atoms with E-state index >= 15 is 0 Å². The molecule has 1 N–H and O–H groups in total. The Kier molecular flexibility index (Phi) is 4.79. The van der Waals surface area contributed by atoms with Crippen LogP contribution in [0.3, 0.4) is 0 Å². The Balaban J connectivity index is 1.70. The molecule has 0 saturated carbocycles. The maximum atomic E-state index is 12.3. The minimum atomic E-state index is -0.256. The molecule has 116 valence electrons. The highest BCUT2D eigenvalue weighted by Crippen LogP contribution is 2.22. The predicted octanol–water partition coefficient (Wildman–Crippen LogP) is 3.09. The number of benzene rings is 1. The van der Waals surface area contributed by atoms with Crippen molar-refractivity contribution < 1.29 is 9.53 Å². The number of nitrogens with zero attached hydrogens (tertiary/aromatic N) is 2. The van der Waals surface area contributed by atoms with Crippen molar-refractivity contribution in [3.8, 4) is 11.9 Å².